The molecule has 0 N–H and O–H groups in total. The maximum Gasteiger partial charge on any atom is 0.511 e. The third-order valence-electron chi connectivity index (χ3n) is 4.36. The van der Waals surface area contributed by atoms with Crippen LogP contribution >= 0.6 is 0 Å². The zero-order valence-electron chi connectivity index (χ0n) is 13.0. The number of benzene rings is 1. The van der Waals surface area contributed by atoms with Gasteiger partial charge in [-0.2, -0.15) is 17.5 Å². The van der Waals surface area contributed by atoms with Crippen molar-refractivity contribution in [3.63, 3.8) is 0 Å². The van der Waals surface area contributed by atoms with Gasteiger partial charge < -0.3 is 4.79 Å². The average Bonchev–Trinajstić information content (AvgIpc) is 2.50. The van der Waals surface area contributed by atoms with Crippen LogP contribution in [-0.2, 0) is 14.8 Å². The number of hydrogen-bond donors (Lipinski definition) is 0. The summed E-state index contributed by atoms with van der Waals surface area (Å²) in [5.74, 6) is -2.57. The van der Waals surface area contributed by atoms with Crippen LogP contribution in [0, 0.1) is 17.6 Å². The van der Waals surface area contributed by atoms with E-state index in [0.29, 0.717) is 16.7 Å². The Labute approximate surface area is 141 Å². The Morgan fingerprint density at radius 3 is 2.08 bits per heavy atom. The lowest BCUT2D eigenvalue weighted by atomic mass is 9.79. The van der Waals surface area contributed by atoms with E-state index in [1.165, 1.54) is 0 Å². The van der Waals surface area contributed by atoms with E-state index in [-0.39, 0.29) is 43.8 Å². The minimum atomic E-state index is -5.40. The Bertz CT molecular complexity index is 707. The molecule has 10 heteroatoms. The quantitative estimate of drug-likeness (QED) is 0.578. The molecule has 1 aromatic carbocycles. The van der Waals surface area contributed by atoms with Crippen molar-refractivity contribution in [3.8, 4) is 0 Å². The molecule has 1 aromatic rings. The predicted molar refractivity (Wildman–Crippen MR) is 79.1 cm³/mol. The molecular formula is C15H16F5NO3S. The van der Waals surface area contributed by atoms with Gasteiger partial charge in [0.1, 0.15) is 17.9 Å². The smallest absolute Gasteiger partial charge is 0.303 e. The number of nitrogens with zero attached hydrogens (tertiary/aromatic N) is 1. The van der Waals surface area contributed by atoms with Gasteiger partial charge in [-0.3, -0.25) is 0 Å². The minimum Gasteiger partial charge on any atom is -0.303 e. The number of sulfonamides is 1. The van der Waals surface area contributed by atoms with Crippen LogP contribution < -0.4 is 0 Å². The van der Waals surface area contributed by atoms with E-state index >= 15 is 0 Å². The fraction of sp³-hybridized carbons (Fsp3) is 0.533. The number of hydrogen-bond acceptors (Lipinski definition) is 3. The third kappa shape index (κ3) is 4.35. The Balaban J connectivity index is 2.17. The van der Waals surface area contributed by atoms with Crippen molar-refractivity contribution in [1.29, 1.82) is 0 Å². The van der Waals surface area contributed by atoms with Gasteiger partial charge in [0.15, 0.2) is 0 Å². The highest BCUT2D eigenvalue weighted by atomic mass is 32.2. The zero-order valence-corrected chi connectivity index (χ0v) is 13.8. The summed E-state index contributed by atoms with van der Waals surface area (Å²) in [6, 6.07) is 2.84. The summed E-state index contributed by atoms with van der Waals surface area (Å²) >= 11 is 0. The molecule has 0 aliphatic carbocycles. The highest BCUT2D eigenvalue weighted by molar-refractivity contribution is 7.90. The molecule has 140 valence electrons. The normalized spacial score (nSPS) is 18.9. The van der Waals surface area contributed by atoms with Gasteiger partial charge in [0, 0.05) is 25.6 Å². The molecule has 0 saturated carbocycles. The molecule has 1 aliphatic heterocycles. The fourth-order valence-electron chi connectivity index (χ4n) is 3.16. The number of alkyl halides is 3. The van der Waals surface area contributed by atoms with E-state index in [1.54, 1.807) is 0 Å². The van der Waals surface area contributed by atoms with E-state index in [4.69, 9.17) is 0 Å². The minimum absolute atomic E-state index is 0.0560. The van der Waals surface area contributed by atoms with Crippen LogP contribution in [-0.4, -0.2) is 37.6 Å². The maximum atomic E-state index is 13.4. The summed E-state index contributed by atoms with van der Waals surface area (Å²) in [4.78, 5) is 10.9. The number of halogens is 5. The van der Waals surface area contributed by atoms with Gasteiger partial charge >= 0.3 is 15.5 Å². The van der Waals surface area contributed by atoms with Crippen LogP contribution in [0.4, 0.5) is 22.0 Å². The molecular weight excluding hydrogens is 369 g/mol. The van der Waals surface area contributed by atoms with Crippen molar-refractivity contribution in [2.75, 3.05) is 13.1 Å². The van der Waals surface area contributed by atoms with E-state index in [2.05, 4.69) is 0 Å². The molecule has 0 radical (unpaired) electrons. The highest BCUT2D eigenvalue weighted by Gasteiger charge is 2.50. The molecule has 0 spiro atoms. The van der Waals surface area contributed by atoms with Gasteiger partial charge in [0.05, 0.1) is 0 Å². The van der Waals surface area contributed by atoms with E-state index < -0.39 is 33.1 Å². The van der Waals surface area contributed by atoms with Crippen molar-refractivity contribution >= 4 is 16.3 Å². The first kappa shape index (κ1) is 19.8. The first-order valence-electron chi connectivity index (χ1n) is 7.52. The van der Waals surface area contributed by atoms with Crippen LogP contribution in [0.2, 0.25) is 0 Å². The second-order valence-corrected chi connectivity index (χ2v) is 7.83. The first-order chi connectivity index (χ1) is 11.6. The Kier molecular flexibility index (Phi) is 5.82. The van der Waals surface area contributed by atoms with Gasteiger partial charge in [0.2, 0.25) is 0 Å². The Morgan fingerprint density at radius 1 is 1.12 bits per heavy atom. The number of carbonyl (C=O) groups excluding carboxylic acids is 1. The average molecular weight is 385 g/mol. The molecule has 0 amide bonds. The number of carbonyl (C=O) groups is 1. The van der Waals surface area contributed by atoms with Crippen molar-refractivity contribution in [2.24, 2.45) is 5.92 Å². The molecule has 0 bridgehead atoms. The molecule has 2 rings (SSSR count). The molecule has 1 fully saturated rings. The Hall–Kier alpha value is -1.55. The summed E-state index contributed by atoms with van der Waals surface area (Å²) in [7, 11) is -5.40. The lowest BCUT2D eigenvalue weighted by Crippen LogP contribution is -2.45. The van der Waals surface area contributed by atoms with Gasteiger partial charge in [-0.1, -0.05) is 0 Å². The van der Waals surface area contributed by atoms with Crippen molar-refractivity contribution in [3.05, 3.63) is 35.4 Å². The van der Waals surface area contributed by atoms with Crippen molar-refractivity contribution in [1.82, 2.24) is 4.31 Å². The summed E-state index contributed by atoms with van der Waals surface area (Å²) in [5, 5.41) is 0. The van der Waals surface area contributed by atoms with Gasteiger partial charge in [0.25, 0.3) is 0 Å². The summed E-state index contributed by atoms with van der Waals surface area (Å²) in [5.41, 5.74) is -5.13. The number of aldehydes is 1. The van der Waals surface area contributed by atoms with Gasteiger partial charge in [-0.15, -0.1) is 0 Å². The van der Waals surface area contributed by atoms with Crippen LogP contribution in [0.5, 0.6) is 0 Å². The largest absolute Gasteiger partial charge is 0.511 e. The summed E-state index contributed by atoms with van der Waals surface area (Å²) < 4.78 is 87.8. The molecule has 0 aromatic heterocycles. The Morgan fingerprint density at radius 2 is 1.64 bits per heavy atom. The summed E-state index contributed by atoms with van der Waals surface area (Å²) in [6.45, 7) is -0.723. The topological polar surface area (TPSA) is 54.5 Å². The molecule has 25 heavy (non-hydrogen) atoms. The monoisotopic (exact) mass is 385 g/mol. The highest BCUT2D eigenvalue weighted by Crippen LogP contribution is 2.37. The predicted octanol–water partition coefficient (Wildman–Crippen LogP) is 3.20. The molecule has 4 nitrogen and oxygen atoms in total. The lowest BCUT2D eigenvalue weighted by molar-refractivity contribution is -0.108. The number of piperidine rings is 1. The molecule has 0 unspecified atom stereocenters. The molecule has 1 heterocycles. The standard InChI is InChI=1S/C15H16F5NO3S/c16-12-7-11(8-13(17)9-12)14(3-6-22)10-1-4-21(5-2-10)25(23,24)15(18,19)20/h6-10,14H,1-5H2/t14-/m1/s1. The van der Waals surface area contributed by atoms with Crippen molar-refractivity contribution in [2.45, 2.75) is 30.7 Å². The second kappa shape index (κ2) is 7.36. The first-order valence-corrected chi connectivity index (χ1v) is 8.96. The zero-order chi connectivity index (χ0) is 18.8. The van der Waals surface area contributed by atoms with Gasteiger partial charge in [-0.05, 0) is 42.4 Å². The molecule has 1 atom stereocenters. The lowest BCUT2D eigenvalue weighted by Gasteiger charge is -2.35. The SMILES string of the molecule is O=CC[C@@H](c1cc(F)cc(F)c1)C1CCN(S(=O)(=O)C(F)(F)F)CC1. The molecule has 1 saturated heterocycles. The van der Waals surface area contributed by atoms with E-state index in [9.17, 15) is 35.2 Å². The number of rotatable bonds is 5. The van der Waals surface area contributed by atoms with Gasteiger partial charge in [-0.25, -0.2) is 17.2 Å². The van der Waals surface area contributed by atoms with Crippen LogP contribution in [0.25, 0.3) is 0 Å². The molecule has 1 aliphatic rings. The second-order valence-electron chi connectivity index (χ2n) is 5.90. The van der Waals surface area contributed by atoms with Crippen molar-refractivity contribution < 1.29 is 35.2 Å². The van der Waals surface area contributed by atoms with Crippen LogP contribution in [0.1, 0.15) is 30.7 Å². The third-order valence-corrected chi connectivity index (χ3v) is 5.99. The summed E-state index contributed by atoms with van der Waals surface area (Å²) in [6.07, 6.45) is 0.643. The van der Waals surface area contributed by atoms with E-state index in [0.717, 1.165) is 12.1 Å². The van der Waals surface area contributed by atoms with Crippen LogP contribution in [0.15, 0.2) is 18.2 Å². The van der Waals surface area contributed by atoms with E-state index in [1.807, 2.05) is 0 Å². The van der Waals surface area contributed by atoms with Crippen LogP contribution in [0.3, 0.4) is 0 Å². The fourth-order valence-corrected chi connectivity index (χ4v) is 4.14. The maximum absolute atomic E-state index is 13.4.